The first-order valence-electron chi connectivity index (χ1n) is 13.7. The number of nitrogens with one attached hydrogen (secondary N) is 2. The van der Waals surface area contributed by atoms with E-state index in [0.29, 0.717) is 59.1 Å². The van der Waals surface area contributed by atoms with E-state index in [9.17, 15) is 9.59 Å². The third kappa shape index (κ3) is 6.33. The number of aromatic nitrogens is 4. The van der Waals surface area contributed by atoms with Gasteiger partial charge < -0.3 is 20.1 Å². The Morgan fingerprint density at radius 3 is 1.21 bits per heavy atom. The van der Waals surface area contributed by atoms with Crippen LogP contribution in [0.25, 0.3) is 0 Å². The highest BCUT2D eigenvalue weighted by atomic mass is 16.5. The Bertz CT molecular complexity index is 1560. The third-order valence-electron chi connectivity index (χ3n) is 6.76. The van der Waals surface area contributed by atoms with E-state index in [1.54, 1.807) is 57.7 Å². The summed E-state index contributed by atoms with van der Waals surface area (Å²) in [4.78, 5) is 25.5. The van der Waals surface area contributed by atoms with Crippen LogP contribution >= 0.6 is 0 Å². The Kier molecular flexibility index (Phi) is 8.33. The summed E-state index contributed by atoms with van der Waals surface area (Å²) in [7, 11) is 3.69. The number of hydrogen-bond acceptors (Lipinski definition) is 4. The number of carbonyl (C=O) groups is 2. The van der Waals surface area contributed by atoms with Crippen LogP contribution in [0.4, 0.5) is 11.4 Å². The molecule has 214 valence electrons. The van der Waals surface area contributed by atoms with Gasteiger partial charge in [-0.15, -0.1) is 0 Å². The Morgan fingerprint density at radius 1 is 0.595 bits per heavy atom. The van der Waals surface area contributed by atoms with Crippen LogP contribution in [0.1, 0.15) is 35.1 Å². The normalized spacial score (nSPS) is 10.8. The molecule has 0 aliphatic heterocycles. The second-order valence-corrected chi connectivity index (χ2v) is 9.67. The van der Waals surface area contributed by atoms with Gasteiger partial charge in [0.25, 0.3) is 0 Å². The van der Waals surface area contributed by atoms with E-state index >= 15 is 0 Å². The van der Waals surface area contributed by atoms with Crippen molar-refractivity contribution in [3.8, 4) is 23.0 Å². The number of carbonyl (C=O) groups excluding carboxylic acids is 2. The van der Waals surface area contributed by atoms with Gasteiger partial charge in [-0.2, -0.15) is 0 Å². The molecule has 0 aliphatic carbocycles. The summed E-state index contributed by atoms with van der Waals surface area (Å²) in [6.45, 7) is 5.41. The monoisotopic (exact) mass is 566 g/mol. The Morgan fingerprint density at radius 2 is 0.905 bits per heavy atom. The Hall–Kier alpha value is -5.38. The molecule has 2 heterocycles. The lowest BCUT2D eigenvalue weighted by Gasteiger charge is -2.10. The van der Waals surface area contributed by atoms with Crippen LogP contribution in [0.15, 0.2) is 97.6 Å². The summed E-state index contributed by atoms with van der Waals surface area (Å²) < 4.78 is 19.3. The number of imidazole rings is 2. The maximum Gasteiger partial charge on any atom is 0.348 e. The first-order valence-corrected chi connectivity index (χ1v) is 13.7. The Balaban J connectivity index is 1.14. The average molecular weight is 567 g/mol. The molecule has 0 unspecified atom stereocenters. The van der Waals surface area contributed by atoms with Crippen molar-refractivity contribution in [1.82, 2.24) is 9.13 Å². The van der Waals surface area contributed by atoms with E-state index in [4.69, 9.17) is 9.47 Å². The minimum atomic E-state index is -0.176. The van der Waals surface area contributed by atoms with Gasteiger partial charge >= 0.3 is 23.5 Å². The van der Waals surface area contributed by atoms with Crippen molar-refractivity contribution in [3.05, 3.63) is 109 Å². The highest BCUT2D eigenvalue weighted by Crippen LogP contribution is 2.28. The summed E-state index contributed by atoms with van der Waals surface area (Å²) in [5.41, 5.74) is 1.35. The van der Waals surface area contributed by atoms with E-state index in [1.165, 1.54) is 0 Å². The van der Waals surface area contributed by atoms with E-state index < -0.39 is 0 Å². The topological polar surface area (TPSA) is 94.3 Å². The number of amides is 2. The largest absolute Gasteiger partial charge is 0.457 e. The van der Waals surface area contributed by atoms with Gasteiger partial charge in [0.1, 0.15) is 47.8 Å². The molecule has 0 spiro atoms. The minimum absolute atomic E-state index is 0.176. The van der Waals surface area contributed by atoms with Gasteiger partial charge in [0.15, 0.2) is 0 Å². The van der Waals surface area contributed by atoms with Gasteiger partial charge in [-0.1, -0.05) is 0 Å². The number of nitrogens with zero attached hydrogens (tertiary/aromatic N) is 4. The molecule has 5 rings (SSSR count). The molecule has 0 atom stereocenters. The first kappa shape index (κ1) is 28.2. The van der Waals surface area contributed by atoms with Crippen LogP contribution in [0, 0.1) is 0 Å². The molecule has 10 heteroatoms. The fourth-order valence-corrected chi connectivity index (χ4v) is 4.57. The van der Waals surface area contributed by atoms with Gasteiger partial charge in [-0.3, -0.25) is 9.59 Å². The van der Waals surface area contributed by atoms with E-state index in [2.05, 4.69) is 10.6 Å². The number of benzene rings is 3. The Labute approximate surface area is 244 Å². The highest BCUT2D eigenvalue weighted by molar-refractivity contribution is 6.01. The number of hydrogen-bond donors (Lipinski definition) is 2. The predicted molar refractivity (Wildman–Crippen MR) is 158 cm³/mol. The maximum atomic E-state index is 12.7. The number of anilines is 2. The molecular formula is C32H34N6O4+2. The van der Waals surface area contributed by atoms with Gasteiger partial charge in [0.2, 0.25) is 0 Å². The summed E-state index contributed by atoms with van der Waals surface area (Å²) in [5, 5.41) is 5.86. The summed E-state index contributed by atoms with van der Waals surface area (Å²) in [5.74, 6) is 3.38. The molecular weight excluding hydrogens is 532 g/mol. The van der Waals surface area contributed by atoms with Crippen LogP contribution < -0.4 is 29.2 Å². The van der Waals surface area contributed by atoms with Gasteiger partial charge in [0.05, 0.1) is 27.2 Å². The van der Waals surface area contributed by atoms with Crippen molar-refractivity contribution in [2.45, 2.75) is 26.9 Å². The minimum Gasteiger partial charge on any atom is -0.457 e. The lowest BCUT2D eigenvalue weighted by atomic mass is 10.2. The molecule has 0 fully saturated rings. The zero-order valence-electron chi connectivity index (χ0n) is 24.1. The molecule has 2 aromatic heterocycles. The molecule has 3 aromatic carbocycles. The summed E-state index contributed by atoms with van der Waals surface area (Å²) in [6, 6.07) is 21.7. The van der Waals surface area contributed by atoms with Gasteiger partial charge in [-0.05, 0) is 86.6 Å². The number of rotatable bonds is 10. The maximum absolute atomic E-state index is 12.7. The van der Waals surface area contributed by atoms with Crippen molar-refractivity contribution >= 4 is 23.2 Å². The standard InChI is InChI=1S/C32H32N6O4/c1-5-37-21-19-35(3)31(37)29(39)33-23-7-11-25(12-8-23)41-27-15-17-28(18-16-27)42-26-13-9-24(10-14-26)34-30(40)32-36(4)20-22-38(32)6-2/h7-22H,5-6H2,1-4H3/p+2. The van der Waals surface area contributed by atoms with Crippen LogP contribution in [-0.2, 0) is 27.2 Å². The fraction of sp³-hybridized carbons (Fsp3) is 0.188. The lowest BCUT2D eigenvalue weighted by Crippen LogP contribution is -2.37. The van der Waals surface area contributed by atoms with Crippen molar-refractivity contribution in [1.29, 1.82) is 0 Å². The fourth-order valence-electron chi connectivity index (χ4n) is 4.57. The molecule has 2 N–H and O–H groups in total. The highest BCUT2D eigenvalue weighted by Gasteiger charge is 2.23. The van der Waals surface area contributed by atoms with Crippen molar-refractivity contribution < 1.29 is 28.2 Å². The molecule has 0 aliphatic rings. The molecule has 2 amide bonds. The van der Waals surface area contributed by atoms with Crippen molar-refractivity contribution in [2.24, 2.45) is 14.1 Å². The molecule has 42 heavy (non-hydrogen) atoms. The number of ether oxygens (including phenoxy) is 2. The van der Waals surface area contributed by atoms with E-state index in [0.717, 1.165) is 0 Å². The predicted octanol–water partition coefficient (Wildman–Crippen LogP) is 5.07. The molecule has 0 radical (unpaired) electrons. The van der Waals surface area contributed by atoms with Crippen molar-refractivity contribution in [2.75, 3.05) is 10.6 Å². The number of aryl methyl sites for hydroxylation is 4. The third-order valence-corrected chi connectivity index (χ3v) is 6.76. The SMILES string of the molecule is CCn1cc[n+](C)c1C(=O)Nc1ccc(Oc2ccc(Oc3ccc(NC(=O)c4n(CC)cc[n+]4C)cc3)cc2)cc1. The van der Waals surface area contributed by atoms with E-state index in [1.807, 2.05) is 86.1 Å². The van der Waals surface area contributed by atoms with Crippen LogP contribution in [0.2, 0.25) is 0 Å². The second-order valence-electron chi connectivity index (χ2n) is 9.67. The quantitative estimate of drug-likeness (QED) is 0.231. The first-order chi connectivity index (χ1) is 20.3. The molecule has 0 saturated heterocycles. The zero-order valence-corrected chi connectivity index (χ0v) is 24.1. The summed E-state index contributed by atoms with van der Waals surface area (Å²) >= 11 is 0. The van der Waals surface area contributed by atoms with Gasteiger partial charge in [0, 0.05) is 11.4 Å². The molecule has 10 nitrogen and oxygen atoms in total. The van der Waals surface area contributed by atoms with Crippen LogP contribution in [0.3, 0.4) is 0 Å². The average Bonchev–Trinajstić information content (AvgIpc) is 3.57. The van der Waals surface area contributed by atoms with Crippen molar-refractivity contribution in [3.63, 3.8) is 0 Å². The zero-order chi connectivity index (χ0) is 29.6. The molecule has 0 saturated carbocycles. The van der Waals surface area contributed by atoms with Crippen LogP contribution in [-0.4, -0.2) is 20.9 Å². The summed E-state index contributed by atoms with van der Waals surface area (Å²) in [6.07, 6.45) is 7.48. The smallest absolute Gasteiger partial charge is 0.348 e. The van der Waals surface area contributed by atoms with E-state index in [-0.39, 0.29) is 11.8 Å². The molecule has 5 aromatic rings. The van der Waals surface area contributed by atoms with Crippen LogP contribution in [0.5, 0.6) is 23.0 Å². The van der Waals surface area contributed by atoms with Gasteiger partial charge in [-0.25, -0.2) is 18.3 Å². The lowest BCUT2D eigenvalue weighted by molar-refractivity contribution is -0.672. The molecule has 0 bridgehead atoms. The second kappa shape index (κ2) is 12.4.